The second-order valence-corrected chi connectivity index (χ2v) is 8.97. The van der Waals surface area contributed by atoms with Gasteiger partial charge in [0.1, 0.15) is 5.82 Å². The highest BCUT2D eigenvalue weighted by atomic mass is 19.1. The summed E-state index contributed by atoms with van der Waals surface area (Å²) < 4.78 is 14.1. The van der Waals surface area contributed by atoms with Gasteiger partial charge in [-0.2, -0.15) is 0 Å². The Morgan fingerprint density at radius 3 is 2.78 bits per heavy atom. The lowest BCUT2D eigenvalue weighted by atomic mass is 9.98. The molecule has 0 bridgehead atoms. The van der Waals surface area contributed by atoms with Gasteiger partial charge in [-0.25, -0.2) is 9.37 Å². The number of nitrogens with zero attached hydrogens (tertiary/aromatic N) is 2. The van der Waals surface area contributed by atoms with Crippen molar-refractivity contribution in [1.29, 1.82) is 0 Å². The van der Waals surface area contributed by atoms with Crippen LogP contribution in [-0.2, 0) is 11.2 Å². The van der Waals surface area contributed by atoms with Gasteiger partial charge >= 0.3 is 0 Å². The Hall–Kier alpha value is -3.21. The van der Waals surface area contributed by atoms with Crippen molar-refractivity contribution in [3.8, 4) is 11.4 Å². The van der Waals surface area contributed by atoms with Gasteiger partial charge in [0.05, 0.1) is 16.9 Å². The van der Waals surface area contributed by atoms with Crippen LogP contribution in [0.25, 0.3) is 33.2 Å². The number of halogens is 1. The highest BCUT2D eigenvalue weighted by Crippen LogP contribution is 2.32. The molecule has 0 unspecified atom stereocenters. The number of piperidine rings is 1. The summed E-state index contributed by atoms with van der Waals surface area (Å²) in [6.45, 7) is 3.98. The first kappa shape index (κ1) is 20.7. The predicted octanol–water partition coefficient (Wildman–Crippen LogP) is 6.10. The molecule has 1 aliphatic heterocycles. The molecule has 5 rings (SSSR count). The minimum atomic E-state index is -0.255. The molecule has 1 N–H and O–H groups in total. The lowest BCUT2D eigenvalue weighted by molar-refractivity contribution is -0.132. The van der Waals surface area contributed by atoms with Crippen molar-refractivity contribution in [3.63, 3.8) is 0 Å². The molecule has 0 saturated carbocycles. The van der Waals surface area contributed by atoms with Crippen LogP contribution in [0.2, 0.25) is 0 Å². The van der Waals surface area contributed by atoms with Crippen LogP contribution in [0.4, 0.5) is 4.39 Å². The van der Waals surface area contributed by atoms with E-state index in [1.165, 1.54) is 6.07 Å². The molecular weight excluding hydrogens is 401 g/mol. The van der Waals surface area contributed by atoms with Gasteiger partial charge in [-0.1, -0.05) is 31.2 Å². The molecule has 1 aliphatic rings. The Labute approximate surface area is 187 Å². The number of H-pyrrole nitrogens is 1. The van der Waals surface area contributed by atoms with E-state index in [0.29, 0.717) is 18.8 Å². The van der Waals surface area contributed by atoms with Crippen molar-refractivity contribution in [3.05, 3.63) is 66.0 Å². The highest BCUT2D eigenvalue weighted by Gasteiger charge is 2.21. The van der Waals surface area contributed by atoms with Crippen LogP contribution in [0.15, 0.2) is 54.6 Å². The topological polar surface area (TPSA) is 49.0 Å². The van der Waals surface area contributed by atoms with Gasteiger partial charge in [-0.15, -0.1) is 0 Å². The number of carbonyl (C=O) groups is 1. The van der Waals surface area contributed by atoms with Crippen LogP contribution in [0.1, 0.15) is 38.2 Å². The first-order valence-corrected chi connectivity index (χ1v) is 11.5. The van der Waals surface area contributed by atoms with E-state index in [-0.39, 0.29) is 11.7 Å². The summed E-state index contributed by atoms with van der Waals surface area (Å²) in [6, 6.07) is 16.9. The van der Waals surface area contributed by atoms with Crippen molar-refractivity contribution >= 4 is 27.7 Å². The summed E-state index contributed by atoms with van der Waals surface area (Å²) in [4.78, 5) is 23.0. The average Bonchev–Trinajstić information content (AvgIpc) is 3.17. The van der Waals surface area contributed by atoms with Gasteiger partial charge in [0.15, 0.2) is 0 Å². The Morgan fingerprint density at radius 2 is 1.94 bits per heavy atom. The summed E-state index contributed by atoms with van der Waals surface area (Å²) in [5.74, 6) is 0.680. The van der Waals surface area contributed by atoms with E-state index >= 15 is 0 Å². The Balaban J connectivity index is 1.42. The fourth-order valence-corrected chi connectivity index (χ4v) is 4.74. The number of amides is 1. The maximum Gasteiger partial charge on any atom is 0.222 e. The number of carbonyl (C=O) groups excluding carboxylic acids is 1. The normalized spacial score (nSPS) is 15.0. The van der Waals surface area contributed by atoms with E-state index in [1.54, 1.807) is 12.1 Å². The minimum absolute atomic E-state index is 0.230. The standard InChI is InChI=1S/C27H28FN3O/c1-18-13-15-31(16-14-18)26(32)8-4-6-21-22-17-20(28)10-12-24(22)30-27(21)25-11-9-19-5-2-3-7-23(19)29-25/h2-3,5,7,9-12,17-18,30H,4,6,8,13-16H2,1H3. The molecule has 0 radical (unpaired) electrons. The molecule has 2 aromatic heterocycles. The van der Waals surface area contributed by atoms with E-state index < -0.39 is 0 Å². The number of aryl methyl sites for hydroxylation is 1. The molecule has 1 amide bonds. The molecule has 32 heavy (non-hydrogen) atoms. The molecule has 1 saturated heterocycles. The molecule has 3 heterocycles. The van der Waals surface area contributed by atoms with Gasteiger partial charge in [0.25, 0.3) is 0 Å². The molecule has 5 heteroatoms. The van der Waals surface area contributed by atoms with Crippen LogP contribution >= 0.6 is 0 Å². The van der Waals surface area contributed by atoms with E-state index in [1.807, 2.05) is 35.2 Å². The average molecular weight is 430 g/mol. The molecule has 4 nitrogen and oxygen atoms in total. The fraction of sp³-hybridized carbons (Fsp3) is 0.333. The van der Waals surface area contributed by atoms with Gasteiger partial charge in [0.2, 0.25) is 5.91 Å². The van der Waals surface area contributed by atoms with Crippen molar-refractivity contribution < 1.29 is 9.18 Å². The van der Waals surface area contributed by atoms with Crippen molar-refractivity contribution in [2.24, 2.45) is 5.92 Å². The first-order valence-electron chi connectivity index (χ1n) is 11.5. The Kier molecular flexibility index (Phi) is 5.64. The molecule has 1 fully saturated rings. The SMILES string of the molecule is CC1CCN(C(=O)CCCc2c(-c3ccc4ccccc4n3)[nH]c3ccc(F)cc23)CC1. The summed E-state index contributed by atoms with van der Waals surface area (Å²) in [7, 11) is 0. The number of pyridine rings is 1. The zero-order valence-electron chi connectivity index (χ0n) is 18.4. The number of aromatic amines is 1. The number of likely N-dealkylation sites (tertiary alicyclic amines) is 1. The van der Waals surface area contributed by atoms with Crippen molar-refractivity contribution in [2.45, 2.75) is 39.0 Å². The number of hydrogen-bond acceptors (Lipinski definition) is 2. The molecule has 4 aromatic rings. The van der Waals surface area contributed by atoms with Gasteiger partial charge in [-0.3, -0.25) is 4.79 Å². The number of hydrogen-bond donors (Lipinski definition) is 1. The van der Waals surface area contributed by atoms with Crippen LogP contribution in [0.5, 0.6) is 0 Å². The molecule has 2 aromatic carbocycles. The fourth-order valence-electron chi connectivity index (χ4n) is 4.74. The quantitative estimate of drug-likeness (QED) is 0.416. The minimum Gasteiger partial charge on any atom is -0.353 e. The predicted molar refractivity (Wildman–Crippen MR) is 127 cm³/mol. The molecule has 164 valence electrons. The monoisotopic (exact) mass is 429 g/mol. The van der Waals surface area contributed by atoms with Crippen molar-refractivity contribution in [1.82, 2.24) is 14.9 Å². The summed E-state index contributed by atoms with van der Waals surface area (Å²) in [5.41, 5.74) is 4.60. The van der Waals surface area contributed by atoms with E-state index in [0.717, 1.165) is 71.1 Å². The second kappa shape index (κ2) is 8.73. The lowest BCUT2D eigenvalue weighted by Crippen LogP contribution is -2.37. The summed E-state index contributed by atoms with van der Waals surface area (Å²) in [5, 5.41) is 1.95. The zero-order valence-corrected chi connectivity index (χ0v) is 18.4. The maximum absolute atomic E-state index is 14.1. The molecule has 0 spiro atoms. The second-order valence-electron chi connectivity index (χ2n) is 8.97. The highest BCUT2D eigenvalue weighted by molar-refractivity contribution is 5.91. The van der Waals surface area contributed by atoms with Crippen LogP contribution in [0, 0.1) is 11.7 Å². The summed E-state index contributed by atoms with van der Waals surface area (Å²) in [6.07, 6.45) is 4.12. The van der Waals surface area contributed by atoms with E-state index in [9.17, 15) is 9.18 Å². The Morgan fingerprint density at radius 1 is 1.12 bits per heavy atom. The third-order valence-electron chi connectivity index (χ3n) is 6.68. The van der Waals surface area contributed by atoms with Gasteiger partial charge in [0, 0.05) is 35.8 Å². The number of benzene rings is 2. The maximum atomic E-state index is 14.1. The van der Waals surface area contributed by atoms with Gasteiger partial charge < -0.3 is 9.88 Å². The molecule has 0 atom stereocenters. The third-order valence-corrected chi connectivity index (χ3v) is 6.68. The van der Waals surface area contributed by atoms with Crippen LogP contribution < -0.4 is 0 Å². The number of aromatic nitrogens is 2. The third kappa shape index (κ3) is 4.12. The van der Waals surface area contributed by atoms with Crippen LogP contribution in [0.3, 0.4) is 0 Å². The van der Waals surface area contributed by atoms with Crippen LogP contribution in [-0.4, -0.2) is 33.9 Å². The smallest absolute Gasteiger partial charge is 0.222 e. The van der Waals surface area contributed by atoms with Crippen molar-refractivity contribution in [2.75, 3.05) is 13.1 Å². The first-order chi connectivity index (χ1) is 15.6. The Bertz CT molecular complexity index is 1270. The van der Waals surface area contributed by atoms with E-state index in [4.69, 9.17) is 4.98 Å². The molecule has 0 aliphatic carbocycles. The number of para-hydroxylation sites is 1. The lowest BCUT2D eigenvalue weighted by Gasteiger charge is -2.30. The zero-order chi connectivity index (χ0) is 22.1. The summed E-state index contributed by atoms with van der Waals surface area (Å²) >= 11 is 0. The molecular formula is C27H28FN3O. The largest absolute Gasteiger partial charge is 0.353 e. The van der Waals surface area contributed by atoms with E-state index in [2.05, 4.69) is 18.0 Å². The number of fused-ring (bicyclic) bond motifs is 2. The number of rotatable bonds is 5. The van der Waals surface area contributed by atoms with Gasteiger partial charge in [-0.05, 0) is 67.5 Å². The number of nitrogens with one attached hydrogen (secondary N) is 1.